The number of carbonyl (C=O) groups excluding carboxylic acids is 1. The molecule has 2 aromatic heterocycles. The maximum atomic E-state index is 13.2. The van der Waals surface area contributed by atoms with Crippen molar-refractivity contribution in [3.63, 3.8) is 0 Å². The lowest BCUT2D eigenvalue weighted by molar-refractivity contribution is -0.137. The average molecular weight is 368 g/mol. The Hall–Kier alpha value is -2.94. The summed E-state index contributed by atoms with van der Waals surface area (Å²) >= 11 is 5.95. The van der Waals surface area contributed by atoms with Crippen LogP contribution in [0.3, 0.4) is 0 Å². The van der Waals surface area contributed by atoms with E-state index >= 15 is 0 Å². The Balaban J connectivity index is 2.13. The van der Waals surface area contributed by atoms with Gasteiger partial charge in [-0.15, -0.1) is 0 Å². The number of benzene rings is 1. The van der Waals surface area contributed by atoms with Crippen LogP contribution in [-0.2, 0) is 6.18 Å². The molecule has 0 atom stereocenters. The molecule has 0 radical (unpaired) electrons. The number of nitrogens with two attached hydrogens (primary N) is 1. The van der Waals surface area contributed by atoms with Crippen LogP contribution < -0.4 is 5.73 Å². The summed E-state index contributed by atoms with van der Waals surface area (Å²) in [5, 5.41) is 6.15. The quantitative estimate of drug-likeness (QED) is 0.742. The number of aromatic amines is 1. The van der Waals surface area contributed by atoms with Crippen molar-refractivity contribution in [3.05, 3.63) is 52.8 Å². The van der Waals surface area contributed by atoms with Crippen molar-refractivity contribution in [2.75, 3.05) is 0 Å². The van der Waals surface area contributed by atoms with Crippen molar-refractivity contribution in [3.8, 4) is 22.8 Å². The van der Waals surface area contributed by atoms with Gasteiger partial charge in [-0.05, 0) is 24.3 Å². The van der Waals surface area contributed by atoms with Crippen LogP contribution in [0.2, 0.25) is 5.02 Å². The van der Waals surface area contributed by atoms with Crippen molar-refractivity contribution < 1.29 is 18.0 Å². The lowest BCUT2D eigenvalue weighted by Crippen LogP contribution is -2.10. The molecule has 1 aromatic carbocycles. The highest BCUT2D eigenvalue weighted by atomic mass is 35.5. The van der Waals surface area contributed by atoms with Gasteiger partial charge in [-0.2, -0.15) is 18.3 Å². The van der Waals surface area contributed by atoms with Gasteiger partial charge in [-0.1, -0.05) is 17.7 Å². The summed E-state index contributed by atoms with van der Waals surface area (Å²) in [5.74, 6) is -0.933. The van der Waals surface area contributed by atoms with E-state index in [-0.39, 0.29) is 33.5 Å². The molecule has 3 rings (SSSR count). The molecule has 0 aliphatic rings. The Morgan fingerprint density at radius 3 is 2.60 bits per heavy atom. The Morgan fingerprint density at radius 2 is 1.96 bits per heavy atom. The van der Waals surface area contributed by atoms with E-state index in [0.717, 1.165) is 6.07 Å². The SMILES string of the molecule is NC(=O)c1cc(-c2ccnc(-c3c(Cl)cccc3C(F)(F)F)n2)n[nH]1. The molecule has 6 nitrogen and oxygen atoms in total. The van der Waals surface area contributed by atoms with E-state index in [9.17, 15) is 18.0 Å². The number of amides is 1. The number of carbonyl (C=O) groups is 1. The first-order valence-electron chi connectivity index (χ1n) is 6.82. The number of aromatic nitrogens is 4. The predicted octanol–water partition coefficient (Wildman–Crippen LogP) is 3.30. The molecule has 0 aliphatic heterocycles. The number of alkyl halides is 3. The van der Waals surface area contributed by atoms with Gasteiger partial charge in [0.05, 0.1) is 21.8 Å². The van der Waals surface area contributed by atoms with Crippen LogP contribution in [-0.4, -0.2) is 26.1 Å². The maximum absolute atomic E-state index is 13.2. The third-order valence-electron chi connectivity index (χ3n) is 3.30. The summed E-state index contributed by atoms with van der Waals surface area (Å²) in [7, 11) is 0. The first kappa shape index (κ1) is 16.9. The fourth-order valence-electron chi connectivity index (χ4n) is 2.19. The molecular formula is C15H9ClF3N5O. The van der Waals surface area contributed by atoms with Crippen LogP contribution in [0, 0.1) is 0 Å². The largest absolute Gasteiger partial charge is 0.417 e. The van der Waals surface area contributed by atoms with Crippen molar-refractivity contribution in [1.82, 2.24) is 20.2 Å². The molecular weight excluding hydrogens is 359 g/mol. The Morgan fingerprint density at radius 1 is 1.20 bits per heavy atom. The van der Waals surface area contributed by atoms with Gasteiger partial charge >= 0.3 is 6.18 Å². The van der Waals surface area contributed by atoms with Crippen molar-refractivity contribution >= 4 is 17.5 Å². The van der Waals surface area contributed by atoms with Crippen LogP contribution in [0.25, 0.3) is 22.8 Å². The maximum Gasteiger partial charge on any atom is 0.417 e. The molecule has 3 N–H and O–H groups in total. The van der Waals surface area contributed by atoms with Crippen molar-refractivity contribution in [1.29, 1.82) is 0 Å². The second-order valence-electron chi connectivity index (χ2n) is 4.96. The van der Waals surface area contributed by atoms with Gasteiger partial charge in [0, 0.05) is 6.20 Å². The first-order valence-corrected chi connectivity index (χ1v) is 7.20. The summed E-state index contributed by atoms with van der Waals surface area (Å²) in [6.45, 7) is 0. The molecule has 25 heavy (non-hydrogen) atoms. The standard InChI is InChI=1S/C15H9ClF3N5O/c16-8-3-1-2-7(15(17,18)19)12(8)14-21-5-4-9(22-14)10-6-11(13(20)25)24-23-10/h1-6H,(H2,20,25)(H,23,24). The molecule has 0 fully saturated rings. The van der Waals surface area contributed by atoms with Gasteiger partial charge in [-0.3, -0.25) is 9.89 Å². The molecule has 128 valence electrons. The van der Waals surface area contributed by atoms with Gasteiger partial charge in [-0.25, -0.2) is 9.97 Å². The Labute approximate surface area is 143 Å². The summed E-state index contributed by atoms with van der Waals surface area (Å²) in [6.07, 6.45) is -3.34. The van der Waals surface area contributed by atoms with Crippen LogP contribution in [0.4, 0.5) is 13.2 Å². The lowest BCUT2D eigenvalue weighted by Gasteiger charge is -2.13. The highest BCUT2D eigenvalue weighted by Crippen LogP contribution is 2.39. The molecule has 0 aliphatic carbocycles. The van der Waals surface area contributed by atoms with Crippen molar-refractivity contribution in [2.45, 2.75) is 6.18 Å². The molecule has 2 heterocycles. The van der Waals surface area contributed by atoms with Gasteiger partial charge in [0.1, 0.15) is 11.4 Å². The number of hydrogen-bond acceptors (Lipinski definition) is 4. The summed E-state index contributed by atoms with van der Waals surface area (Å²) < 4.78 is 39.7. The van der Waals surface area contributed by atoms with E-state index in [4.69, 9.17) is 17.3 Å². The van der Waals surface area contributed by atoms with E-state index < -0.39 is 17.6 Å². The number of halogens is 4. The number of rotatable bonds is 3. The highest BCUT2D eigenvalue weighted by Gasteiger charge is 2.35. The minimum Gasteiger partial charge on any atom is -0.364 e. The van der Waals surface area contributed by atoms with Gasteiger partial charge in [0.2, 0.25) is 0 Å². The zero-order valence-corrected chi connectivity index (χ0v) is 13.1. The summed E-state index contributed by atoms with van der Waals surface area (Å²) in [4.78, 5) is 19.1. The smallest absolute Gasteiger partial charge is 0.364 e. The Kier molecular flexibility index (Phi) is 4.17. The van der Waals surface area contributed by atoms with E-state index in [1.807, 2.05) is 0 Å². The average Bonchev–Trinajstić information content (AvgIpc) is 3.04. The number of hydrogen-bond donors (Lipinski definition) is 2. The zero-order valence-electron chi connectivity index (χ0n) is 12.3. The number of nitrogens with zero attached hydrogens (tertiary/aromatic N) is 3. The fraction of sp³-hybridized carbons (Fsp3) is 0.0667. The van der Waals surface area contributed by atoms with Crippen LogP contribution in [0.5, 0.6) is 0 Å². The summed E-state index contributed by atoms with van der Waals surface area (Å²) in [5.41, 5.74) is 4.34. The van der Waals surface area contributed by atoms with E-state index in [1.54, 1.807) is 0 Å². The molecule has 10 heteroatoms. The minimum atomic E-state index is -4.62. The molecule has 0 unspecified atom stereocenters. The van der Waals surface area contributed by atoms with E-state index in [0.29, 0.717) is 0 Å². The van der Waals surface area contributed by atoms with Gasteiger partial charge < -0.3 is 5.73 Å². The van der Waals surface area contributed by atoms with E-state index in [1.165, 1.54) is 30.5 Å². The zero-order chi connectivity index (χ0) is 18.2. The summed E-state index contributed by atoms with van der Waals surface area (Å²) in [6, 6.07) is 6.20. The van der Waals surface area contributed by atoms with Gasteiger partial charge in [0.15, 0.2) is 5.82 Å². The monoisotopic (exact) mass is 367 g/mol. The number of nitrogens with one attached hydrogen (secondary N) is 1. The molecule has 0 saturated carbocycles. The highest BCUT2D eigenvalue weighted by molar-refractivity contribution is 6.33. The number of primary amides is 1. The van der Waals surface area contributed by atoms with E-state index in [2.05, 4.69) is 20.2 Å². The van der Waals surface area contributed by atoms with Gasteiger partial charge in [0.25, 0.3) is 5.91 Å². The minimum absolute atomic E-state index is 0.0453. The number of H-pyrrole nitrogens is 1. The molecule has 1 amide bonds. The van der Waals surface area contributed by atoms with Crippen LogP contribution >= 0.6 is 11.6 Å². The third-order valence-corrected chi connectivity index (χ3v) is 3.62. The fourth-order valence-corrected chi connectivity index (χ4v) is 2.45. The second kappa shape index (κ2) is 6.17. The Bertz CT molecular complexity index is 954. The molecule has 0 saturated heterocycles. The van der Waals surface area contributed by atoms with Crippen LogP contribution in [0.1, 0.15) is 16.1 Å². The molecule has 0 bridgehead atoms. The second-order valence-corrected chi connectivity index (χ2v) is 5.36. The van der Waals surface area contributed by atoms with Crippen molar-refractivity contribution in [2.24, 2.45) is 5.73 Å². The first-order chi connectivity index (χ1) is 11.8. The predicted molar refractivity (Wildman–Crippen MR) is 83.6 cm³/mol. The molecule has 3 aromatic rings. The topological polar surface area (TPSA) is 97.6 Å². The molecule has 0 spiro atoms. The van der Waals surface area contributed by atoms with Crippen LogP contribution in [0.15, 0.2) is 36.5 Å². The normalized spacial score (nSPS) is 11.5. The third kappa shape index (κ3) is 3.31. The lowest BCUT2D eigenvalue weighted by atomic mass is 10.1.